The zero-order valence-electron chi connectivity index (χ0n) is 11.7. The second kappa shape index (κ2) is 5.95. The zero-order chi connectivity index (χ0) is 17.5. The van der Waals surface area contributed by atoms with E-state index in [4.69, 9.17) is 11.6 Å². The van der Waals surface area contributed by atoms with Gasteiger partial charge in [-0.3, -0.25) is 10.1 Å². The maximum absolute atomic E-state index is 13.0. The lowest BCUT2D eigenvalue weighted by atomic mass is 10.2. The second-order valence-corrected chi connectivity index (χ2v) is 6.22. The number of carbonyl (C=O) groups excluding carboxylic acids is 1. The van der Waals surface area contributed by atoms with E-state index >= 15 is 0 Å². The van der Waals surface area contributed by atoms with Gasteiger partial charge >= 0.3 is 6.18 Å². The summed E-state index contributed by atoms with van der Waals surface area (Å²) in [4.78, 5) is 16.1. The normalized spacial score (nSPS) is 11.7. The first-order chi connectivity index (χ1) is 11.3. The van der Waals surface area contributed by atoms with Crippen LogP contribution >= 0.6 is 22.9 Å². The zero-order valence-corrected chi connectivity index (χ0v) is 13.3. The standard InChI is InChI=1S/C15H8ClF3N2O2S/c16-7-4-5-11(22)8(6-7)13(23)21-14-20-10-3-1-2-9(12(10)24-14)15(17,18)19/h1-6,22H,(H,20,21,23). The highest BCUT2D eigenvalue weighted by atomic mass is 35.5. The van der Waals surface area contributed by atoms with Gasteiger partial charge in [0.1, 0.15) is 5.75 Å². The van der Waals surface area contributed by atoms with Crippen LogP contribution in [0.4, 0.5) is 18.3 Å². The Morgan fingerprint density at radius 1 is 1.25 bits per heavy atom. The molecule has 0 fully saturated rings. The molecule has 0 saturated carbocycles. The van der Waals surface area contributed by atoms with Gasteiger partial charge in [-0.05, 0) is 30.3 Å². The average Bonchev–Trinajstić information content (AvgIpc) is 2.90. The lowest BCUT2D eigenvalue weighted by Gasteiger charge is -2.06. The van der Waals surface area contributed by atoms with Crippen molar-refractivity contribution in [2.75, 3.05) is 5.32 Å². The van der Waals surface area contributed by atoms with Crippen LogP contribution in [-0.2, 0) is 6.18 Å². The first-order valence-electron chi connectivity index (χ1n) is 6.52. The van der Waals surface area contributed by atoms with Crippen LogP contribution < -0.4 is 5.32 Å². The molecule has 0 saturated heterocycles. The smallest absolute Gasteiger partial charge is 0.417 e. The molecule has 0 bridgehead atoms. The highest BCUT2D eigenvalue weighted by Crippen LogP contribution is 2.38. The molecule has 2 N–H and O–H groups in total. The highest BCUT2D eigenvalue weighted by molar-refractivity contribution is 7.22. The molecule has 0 atom stereocenters. The molecule has 0 aliphatic heterocycles. The van der Waals surface area contributed by atoms with Gasteiger partial charge in [0, 0.05) is 5.02 Å². The van der Waals surface area contributed by atoms with Crippen LogP contribution in [0.15, 0.2) is 36.4 Å². The Morgan fingerprint density at radius 3 is 2.71 bits per heavy atom. The fourth-order valence-electron chi connectivity index (χ4n) is 2.08. The molecular formula is C15H8ClF3N2O2S. The molecule has 0 aliphatic rings. The van der Waals surface area contributed by atoms with Crippen LogP contribution in [0.3, 0.4) is 0 Å². The van der Waals surface area contributed by atoms with Gasteiger partial charge in [0.25, 0.3) is 5.91 Å². The number of benzene rings is 2. The van der Waals surface area contributed by atoms with Crippen molar-refractivity contribution in [1.82, 2.24) is 4.98 Å². The van der Waals surface area contributed by atoms with Gasteiger partial charge in [0.2, 0.25) is 0 Å². The minimum atomic E-state index is -4.52. The number of aromatic hydroxyl groups is 1. The van der Waals surface area contributed by atoms with Crippen molar-refractivity contribution >= 4 is 44.2 Å². The van der Waals surface area contributed by atoms with Crippen molar-refractivity contribution in [1.29, 1.82) is 0 Å². The minimum Gasteiger partial charge on any atom is -0.507 e. The Balaban J connectivity index is 1.96. The molecule has 0 spiro atoms. The molecule has 1 heterocycles. The predicted molar refractivity (Wildman–Crippen MR) is 85.7 cm³/mol. The Labute approximate surface area is 142 Å². The third-order valence-corrected chi connectivity index (χ3v) is 4.40. The number of phenolic OH excluding ortho intramolecular Hbond substituents is 1. The van der Waals surface area contributed by atoms with Gasteiger partial charge in [-0.25, -0.2) is 4.98 Å². The van der Waals surface area contributed by atoms with Gasteiger partial charge in [-0.1, -0.05) is 29.0 Å². The lowest BCUT2D eigenvalue weighted by Crippen LogP contribution is -2.11. The van der Waals surface area contributed by atoms with E-state index in [-0.39, 0.29) is 31.7 Å². The summed E-state index contributed by atoms with van der Waals surface area (Å²) in [5.74, 6) is -1.02. The minimum absolute atomic E-state index is 0.00826. The first kappa shape index (κ1) is 16.5. The summed E-state index contributed by atoms with van der Waals surface area (Å²) in [6, 6.07) is 7.53. The van der Waals surface area contributed by atoms with E-state index in [0.29, 0.717) is 11.3 Å². The van der Waals surface area contributed by atoms with Crippen LogP contribution in [0.25, 0.3) is 10.2 Å². The fourth-order valence-corrected chi connectivity index (χ4v) is 3.25. The number of rotatable bonds is 2. The van der Waals surface area contributed by atoms with E-state index in [0.717, 1.165) is 6.07 Å². The second-order valence-electron chi connectivity index (χ2n) is 4.79. The third-order valence-electron chi connectivity index (χ3n) is 3.14. The number of fused-ring (bicyclic) bond motifs is 1. The third kappa shape index (κ3) is 3.15. The van der Waals surface area contributed by atoms with E-state index in [2.05, 4.69) is 10.3 Å². The van der Waals surface area contributed by atoms with Crippen LogP contribution in [0.2, 0.25) is 5.02 Å². The van der Waals surface area contributed by atoms with Crippen molar-refractivity contribution in [2.24, 2.45) is 0 Å². The highest BCUT2D eigenvalue weighted by Gasteiger charge is 2.33. The number of hydrogen-bond acceptors (Lipinski definition) is 4. The number of hydrogen-bond donors (Lipinski definition) is 2. The van der Waals surface area contributed by atoms with Crippen molar-refractivity contribution in [3.8, 4) is 5.75 Å². The van der Waals surface area contributed by atoms with Gasteiger partial charge in [0.15, 0.2) is 5.13 Å². The SMILES string of the molecule is O=C(Nc1nc2cccc(C(F)(F)F)c2s1)c1cc(Cl)ccc1O. The maximum atomic E-state index is 13.0. The molecule has 124 valence electrons. The van der Waals surface area contributed by atoms with Gasteiger partial charge < -0.3 is 5.11 Å². The number of aromatic nitrogens is 1. The monoisotopic (exact) mass is 372 g/mol. The summed E-state index contributed by atoms with van der Waals surface area (Å²) in [6.07, 6.45) is -4.52. The maximum Gasteiger partial charge on any atom is 0.417 e. The molecule has 0 radical (unpaired) electrons. The molecule has 4 nitrogen and oxygen atoms in total. The molecule has 3 rings (SSSR count). The number of halogens is 4. The van der Waals surface area contributed by atoms with Gasteiger partial charge in [-0.15, -0.1) is 0 Å². The van der Waals surface area contributed by atoms with Gasteiger partial charge in [-0.2, -0.15) is 13.2 Å². The Morgan fingerprint density at radius 2 is 2.00 bits per heavy atom. The van der Waals surface area contributed by atoms with E-state index < -0.39 is 17.6 Å². The summed E-state index contributed by atoms with van der Waals surface area (Å²) in [6.45, 7) is 0. The quantitative estimate of drug-likeness (QED) is 0.670. The molecule has 3 aromatic rings. The molecule has 2 aromatic carbocycles. The largest absolute Gasteiger partial charge is 0.507 e. The van der Waals surface area contributed by atoms with E-state index in [1.54, 1.807) is 0 Å². The lowest BCUT2D eigenvalue weighted by molar-refractivity contribution is -0.136. The summed E-state index contributed by atoms with van der Waals surface area (Å²) in [5.41, 5.74) is -0.790. The number of anilines is 1. The molecule has 0 aliphatic carbocycles. The van der Waals surface area contributed by atoms with Crippen LogP contribution in [0.5, 0.6) is 5.75 Å². The number of phenols is 1. The first-order valence-corrected chi connectivity index (χ1v) is 7.72. The molecule has 0 unspecified atom stereocenters. The number of carbonyl (C=O) groups is 1. The Hall–Kier alpha value is -2.32. The predicted octanol–water partition coefficient (Wildman–Crippen LogP) is 4.93. The molecular weight excluding hydrogens is 365 g/mol. The summed E-state index contributed by atoms with van der Waals surface area (Å²) in [7, 11) is 0. The van der Waals surface area contributed by atoms with Crippen LogP contribution in [-0.4, -0.2) is 16.0 Å². The number of nitrogens with one attached hydrogen (secondary N) is 1. The van der Waals surface area contributed by atoms with Crippen molar-refractivity contribution in [2.45, 2.75) is 6.18 Å². The summed E-state index contributed by atoms with van der Waals surface area (Å²) >= 11 is 6.48. The van der Waals surface area contributed by atoms with E-state index in [9.17, 15) is 23.1 Å². The van der Waals surface area contributed by atoms with Gasteiger partial charge in [0.05, 0.1) is 21.3 Å². The Bertz CT molecular complexity index is 940. The average molecular weight is 373 g/mol. The molecule has 1 aromatic heterocycles. The molecule has 1 amide bonds. The van der Waals surface area contributed by atoms with E-state index in [1.807, 2.05) is 0 Å². The van der Waals surface area contributed by atoms with Crippen molar-refractivity contribution < 1.29 is 23.1 Å². The molecule has 24 heavy (non-hydrogen) atoms. The van der Waals surface area contributed by atoms with Crippen molar-refractivity contribution in [3.05, 3.63) is 52.5 Å². The van der Waals surface area contributed by atoms with Crippen molar-refractivity contribution in [3.63, 3.8) is 0 Å². The number of thiazole rings is 1. The number of amides is 1. The Kier molecular flexibility index (Phi) is 4.10. The number of nitrogens with zero attached hydrogens (tertiary/aromatic N) is 1. The molecule has 9 heteroatoms. The summed E-state index contributed by atoms with van der Waals surface area (Å²) < 4.78 is 38.9. The topological polar surface area (TPSA) is 62.2 Å². The fraction of sp³-hybridized carbons (Fsp3) is 0.0667. The van der Waals surface area contributed by atoms with E-state index in [1.165, 1.54) is 30.3 Å². The van der Waals surface area contributed by atoms with Crippen LogP contribution in [0.1, 0.15) is 15.9 Å². The van der Waals surface area contributed by atoms with Crippen LogP contribution in [0, 0.1) is 0 Å². The summed E-state index contributed by atoms with van der Waals surface area (Å²) in [5, 5.41) is 12.3. The number of alkyl halides is 3.